The van der Waals surface area contributed by atoms with Gasteiger partial charge in [-0.3, -0.25) is 4.79 Å². The normalized spacial score (nSPS) is 21.5. The van der Waals surface area contributed by atoms with Crippen LogP contribution in [0.4, 0.5) is 8.78 Å². The van der Waals surface area contributed by atoms with E-state index in [4.69, 9.17) is 4.74 Å². The number of hydrogen-bond donors (Lipinski definition) is 0. The Kier molecular flexibility index (Phi) is 5.48. The van der Waals surface area contributed by atoms with Crippen molar-refractivity contribution in [3.05, 3.63) is 83.0 Å². The molecule has 7 heteroatoms. The van der Waals surface area contributed by atoms with E-state index in [0.29, 0.717) is 23.4 Å². The van der Waals surface area contributed by atoms with Crippen LogP contribution >= 0.6 is 0 Å². The fourth-order valence-electron chi connectivity index (χ4n) is 5.05. The van der Waals surface area contributed by atoms with E-state index in [2.05, 4.69) is 4.98 Å². The van der Waals surface area contributed by atoms with Gasteiger partial charge >= 0.3 is 0 Å². The lowest BCUT2D eigenvalue weighted by atomic mass is 9.84. The quantitative estimate of drug-likeness (QED) is 0.525. The van der Waals surface area contributed by atoms with Crippen LogP contribution < -0.4 is 4.74 Å². The standard InChI is InChI=1S/C26H25F2N3O2/c1-16-14-30(15-29-16)22-9-6-17(12-24(22)33-2)11-19-25(18-7-8-20(27)21(28)13-18)23-5-3-4-10-31(23)26(19)32/h6-9,11-15,23,25H,3-5,10H2,1-2H3/b19-11-/t23-,25-/m1/s1. The Balaban J connectivity index is 1.58. The number of benzene rings is 2. The van der Waals surface area contributed by atoms with E-state index >= 15 is 0 Å². The number of imidazole rings is 1. The molecule has 33 heavy (non-hydrogen) atoms. The molecule has 5 rings (SSSR count). The summed E-state index contributed by atoms with van der Waals surface area (Å²) in [5.74, 6) is -1.48. The molecule has 0 saturated carbocycles. The van der Waals surface area contributed by atoms with Gasteiger partial charge in [0.1, 0.15) is 5.75 Å². The first-order valence-electron chi connectivity index (χ1n) is 11.1. The highest BCUT2D eigenvalue weighted by Crippen LogP contribution is 2.44. The van der Waals surface area contributed by atoms with Crippen molar-refractivity contribution < 1.29 is 18.3 Å². The first-order valence-corrected chi connectivity index (χ1v) is 11.1. The fourth-order valence-corrected chi connectivity index (χ4v) is 5.05. The highest BCUT2D eigenvalue weighted by Gasteiger charge is 2.45. The Bertz CT molecular complexity index is 1250. The van der Waals surface area contributed by atoms with Gasteiger partial charge in [-0.15, -0.1) is 0 Å². The molecule has 0 unspecified atom stereocenters. The molecule has 5 nitrogen and oxygen atoms in total. The molecule has 0 radical (unpaired) electrons. The molecule has 3 heterocycles. The zero-order chi connectivity index (χ0) is 23.1. The van der Waals surface area contributed by atoms with Gasteiger partial charge in [0.2, 0.25) is 0 Å². The van der Waals surface area contributed by atoms with Gasteiger partial charge < -0.3 is 14.2 Å². The molecule has 170 valence electrons. The van der Waals surface area contributed by atoms with E-state index in [1.807, 2.05) is 46.9 Å². The molecule has 1 aromatic heterocycles. The summed E-state index contributed by atoms with van der Waals surface area (Å²) in [6.45, 7) is 2.60. The Hall–Kier alpha value is -3.48. The number of fused-ring (bicyclic) bond motifs is 1. The smallest absolute Gasteiger partial charge is 0.250 e. The lowest BCUT2D eigenvalue weighted by molar-refractivity contribution is -0.127. The predicted molar refractivity (Wildman–Crippen MR) is 121 cm³/mol. The third kappa shape index (κ3) is 3.81. The van der Waals surface area contributed by atoms with E-state index < -0.39 is 11.6 Å². The van der Waals surface area contributed by atoms with Gasteiger partial charge in [-0.05, 0) is 67.7 Å². The number of methoxy groups -OCH3 is 1. The SMILES string of the molecule is COc1cc(/C=C2\C(=O)N3CCCC[C@@H]3[C@@H]2c2ccc(F)c(F)c2)ccc1-n1cnc(C)c1. The second-order valence-corrected chi connectivity index (χ2v) is 8.67. The summed E-state index contributed by atoms with van der Waals surface area (Å²) < 4.78 is 35.2. The first-order chi connectivity index (χ1) is 16.0. The second kappa shape index (κ2) is 8.46. The first kappa shape index (κ1) is 21.4. The molecule has 2 aromatic carbocycles. The monoisotopic (exact) mass is 449 g/mol. The topological polar surface area (TPSA) is 47.4 Å². The summed E-state index contributed by atoms with van der Waals surface area (Å²) in [6.07, 6.45) is 8.30. The maximum atomic E-state index is 14.1. The minimum Gasteiger partial charge on any atom is -0.495 e. The zero-order valence-electron chi connectivity index (χ0n) is 18.6. The average molecular weight is 450 g/mol. The molecule has 0 aliphatic carbocycles. The van der Waals surface area contributed by atoms with Gasteiger partial charge in [0.05, 0.1) is 24.8 Å². The largest absolute Gasteiger partial charge is 0.495 e. The summed E-state index contributed by atoms with van der Waals surface area (Å²) in [6, 6.07) is 9.64. The van der Waals surface area contributed by atoms with Crippen molar-refractivity contribution in [2.24, 2.45) is 0 Å². The Morgan fingerprint density at radius 3 is 2.70 bits per heavy atom. The molecule has 3 aromatic rings. The molecule has 2 atom stereocenters. The van der Waals surface area contributed by atoms with E-state index in [-0.39, 0.29) is 17.9 Å². The number of carbonyl (C=O) groups excluding carboxylic acids is 1. The minimum atomic E-state index is -0.893. The van der Waals surface area contributed by atoms with Gasteiger partial charge in [0.25, 0.3) is 5.91 Å². The van der Waals surface area contributed by atoms with Crippen LogP contribution in [0, 0.1) is 18.6 Å². The summed E-state index contributed by atoms with van der Waals surface area (Å²) in [7, 11) is 1.60. The number of ether oxygens (including phenoxy) is 1. The molecule has 2 saturated heterocycles. The van der Waals surface area contributed by atoms with Crippen LogP contribution in [0.1, 0.15) is 42.0 Å². The second-order valence-electron chi connectivity index (χ2n) is 8.67. The molecule has 2 aliphatic heterocycles. The van der Waals surface area contributed by atoms with Crippen LogP contribution in [0.5, 0.6) is 5.75 Å². The van der Waals surface area contributed by atoms with Gasteiger partial charge in [0, 0.05) is 30.3 Å². The average Bonchev–Trinajstić information content (AvgIpc) is 3.37. The third-order valence-electron chi connectivity index (χ3n) is 6.60. The number of rotatable bonds is 4. The molecular formula is C26H25F2N3O2. The van der Waals surface area contributed by atoms with E-state index in [1.54, 1.807) is 19.5 Å². The van der Waals surface area contributed by atoms with Crippen molar-refractivity contribution >= 4 is 12.0 Å². The number of halogens is 2. The van der Waals surface area contributed by atoms with Crippen molar-refractivity contribution in [1.29, 1.82) is 0 Å². The van der Waals surface area contributed by atoms with Crippen molar-refractivity contribution in [3.63, 3.8) is 0 Å². The summed E-state index contributed by atoms with van der Waals surface area (Å²) in [5, 5.41) is 0. The third-order valence-corrected chi connectivity index (χ3v) is 6.60. The number of aryl methyl sites for hydroxylation is 1. The number of nitrogens with zero attached hydrogens (tertiary/aromatic N) is 3. The van der Waals surface area contributed by atoms with E-state index in [1.165, 1.54) is 6.07 Å². The zero-order valence-corrected chi connectivity index (χ0v) is 18.6. The van der Waals surface area contributed by atoms with Gasteiger partial charge in [-0.1, -0.05) is 12.1 Å². The summed E-state index contributed by atoms with van der Waals surface area (Å²) in [5.41, 5.74) is 3.77. The Morgan fingerprint density at radius 1 is 1.12 bits per heavy atom. The molecule has 0 spiro atoms. The molecular weight excluding hydrogens is 424 g/mol. The van der Waals surface area contributed by atoms with Crippen molar-refractivity contribution in [2.45, 2.75) is 38.1 Å². The van der Waals surface area contributed by atoms with Crippen LogP contribution in [0.15, 0.2) is 54.5 Å². The van der Waals surface area contributed by atoms with Crippen molar-refractivity contribution in [2.75, 3.05) is 13.7 Å². The van der Waals surface area contributed by atoms with E-state index in [0.717, 1.165) is 42.3 Å². The lowest BCUT2D eigenvalue weighted by Gasteiger charge is -2.32. The van der Waals surface area contributed by atoms with Crippen LogP contribution in [0.3, 0.4) is 0 Å². The Labute approximate surface area is 191 Å². The van der Waals surface area contributed by atoms with Crippen LogP contribution in [-0.4, -0.2) is 40.1 Å². The van der Waals surface area contributed by atoms with Gasteiger partial charge in [0.15, 0.2) is 11.6 Å². The fraction of sp³-hybridized carbons (Fsp3) is 0.308. The number of aromatic nitrogens is 2. The highest BCUT2D eigenvalue weighted by molar-refractivity contribution is 6.02. The Morgan fingerprint density at radius 2 is 1.97 bits per heavy atom. The van der Waals surface area contributed by atoms with Crippen LogP contribution in [0.25, 0.3) is 11.8 Å². The van der Waals surface area contributed by atoms with Crippen molar-refractivity contribution in [3.8, 4) is 11.4 Å². The van der Waals surface area contributed by atoms with Crippen molar-refractivity contribution in [1.82, 2.24) is 14.5 Å². The number of piperidine rings is 1. The highest BCUT2D eigenvalue weighted by atomic mass is 19.2. The molecule has 2 fully saturated rings. The molecule has 2 aliphatic rings. The van der Waals surface area contributed by atoms with E-state index in [9.17, 15) is 13.6 Å². The number of hydrogen-bond acceptors (Lipinski definition) is 3. The maximum absolute atomic E-state index is 14.1. The number of carbonyl (C=O) groups is 1. The summed E-state index contributed by atoms with van der Waals surface area (Å²) in [4.78, 5) is 19.5. The van der Waals surface area contributed by atoms with Gasteiger partial charge in [-0.2, -0.15) is 0 Å². The van der Waals surface area contributed by atoms with Crippen LogP contribution in [-0.2, 0) is 4.79 Å². The van der Waals surface area contributed by atoms with Gasteiger partial charge in [-0.25, -0.2) is 13.8 Å². The molecule has 0 bridgehead atoms. The minimum absolute atomic E-state index is 0.0392. The lowest BCUT2D eigenvalue weighted by Crippen LogP contribution is -2.38. The maximum Gasteiger partial charge on any atom is 0.250 e. The summed E-state index contributed by atoms with van der Waals surface area (Å²) >= 11 is 0. The molecule has 0 N–H and O–H groups in total. The van der Waals surface area contributed by atoms with Crippen LogP contribution in [0.2, 0.25) is 0 Å². The molecule has 1 amide bonds. The number of amides is 1. The predicted octanol–water partition coefficient (Wildman–Crippen LogP) is 5.03.